The molecular formula is C23H26N6O. The van der Waals surface area contributed by atoms with Crippen LogP contribution in [0.3, 0.4) is 0 Å². The van der Waals surface area contributed by atoms with Crippen molar-refractivity contribution in [3.63, 3.8) is 0 Å². The van der Waals surface area contributed by atoms with E-state index < -0.39 is 0 Å². The Morgan fingerprint density at radius 3 is 2.00 bits per heavy atom. The summed E-state index contributed by atoms with van der Waals surface area (Å²) in [6, 6.07) is 23.3. The van der Waals surface area contributed by atoms with Crippen molar-refractivity contribution in [3.05, 3.63) is 101 Å². The maximum Gasteiger partial charge on any atom is 0.119 e. The molecule has 0 atom stereocenters. The lowest BCUT2D eigenvalue weighted by Gasteiger charge is -2.27. The fraction of sp³-hybridized carbons (Fsp3) is 0.130. The maximum atomic E-state index is 10.4. The van der Waals surface area contributed by atoms with E-state index in [-0.39, 0.29) is 5.75 Å². The van der Waals surface area contributed by atoms with Gasteiger partial charge in [-0.25, -0.2) is 10.9 Å². The normalized spacial score (nSPS) is 14.3. The van der Waals surface area contributed by atoms with E-state index in [0.717, 1.165) is 39.3 Å². The van der Waals surface area contributed by atoms with Crippen LogP contribution < -0.4 is 27.7 Å². The number of hydrazine groups is 3. The molecule has 1 aliphatic rings. The number of phenolic OH excluding ortho intramolecular Hbond substituents is 1. The number of allylic oxidation sites excluding steroid dienone is 1. The van der Waals surface area contributed by atoms with Crippen LogP contribution >= 0.6 is 0 Å². The summed E-state index contributed by atoms with van der Waals surface area (Å²) >= 11 is 0. The van der Waals surface area contributed by atoms with Crippen LogP contribution in [0.4, 0.5) is 5.69 Å². The minimum atomic E-state index is 0.247. The van der Waals surface area contributed by atoms with Crippen LogP contribution in [0.1, 0.15) is 22.3 Å². The lowest BCUT2D eigenvalue weighted by Crippen LogP contribution is -2.49. The van der Waals surface area contributed by atoms with Crippen LogP contribution in [-0.4, -0.2) is 10.3 Å². The molecule has 7 nitrogen and oxygen atoms in total. The highest BCUT2D eigenvalue weighted by molar-refractivity contribution is 5.75. The number of aromatic hydroxyl groups is 1. The third-order valence-corrected chi connectivity index (χ3v) is 5.23. The minimum Gasteiger partial charge on any atom is -0.508 e. The number of hydrogen-bond donors (Lipinski definition) is 5. The molecule has 7 heteroatoms. The molecule has 0 unspecified atom stereocenters. The predicted molar refractivity (Wildman–Crippen MR) is 119 cm³/mol. The van der Waals surface area contributed by atoms with E-state index in [1.807, 2.05) is 71.7 Å². The topological polar surface area (TPSA) is 117 Å². The summed E-state index contributed by atoms with van der Waals surface area (Å²) in [5.41, 5.74) is 21.3. The van der Waals surface area contributed by atoms with E-state index in [1.54, 1.807) is 6.07 Å². The Hall–Kier alpha value is -3.36. The van der Waals surface area contributed by atoms with Gasteiger partial charge in [0, 0.05) is 25.1 Å². The number of hydrogen-bond acceptors (Lipinski definition) is 7. The fourth-order valence-electron chi connectivity index (χ4n) is 3.56. The molecule has 0 saturated heterocycles. The summed E-state index contributed by atoms with van der Waals surface area (Å²) in [5.74, 6) is 6.59. The van der Waals surface area contributed by atoms with E-state index in [1.165, 1.54) is 5.23 Å². The number of benzene rings is 3. The zero-order valence-corrected chi connectivity index (χ0v) is 16.6. The van der Waals surface area contributed by atoms with Crippen molar-refractivity contribution in [1.29, 1.82) is 0 Å². The molecular weight excluding hydrogens is 376 g/mol. The van der Waals surface area contributed by atoms with Crippen molar-refractivity contribution in [2.75, 3.05) is 5.01 Å². The van der Waals surface area contributed by atoms with Crippen LogP contribution in [0.2, 0.25) is 0 Å². The van der Waals surface area contributed by atoms with Gasteiger partial charge in [-0.3, -0.25) is 5.43 Å². The lowest BCUT2D eigenvalue weighted by atomic mass is 10.0. The molecule has 154 valence electrons. The first-order valence-corrected chi connectivity index (χ1v) is 9.80. The molecule has 0 bridgehead atoms. The van der Waals surface area contributed by atoms with Crippen LogP contribution in [0, 0.1) is 0 Å². The Bertz CT molecular complexity index is 1050. The third kappa shape index (κ3) is 3.87. The number of phenols is 1. The standard InChI is InChI=1S/C23H26N6O/c24-14-16-5-9-18(10-6-16)23-21(13-19-3-1-2-4-22(19)30)28(29(26)27-23)20-11-7-17(15-25)8-12-20/h1-12,27,30H,13-15,24-26H2. The fourth-order valence-corrected chi connectivity index (χ4v) is 3.56. The highest BCUT2D eigenvalue weighted by atomic mass is 16.3. The largest absolute Gasteiger partial charge is 0.508 e. The maximum absolute atomic E-state index is 10.4. The minimum absolute atomic E-state index is 0.247. The second-order valence-corrected chi connectivity index (χ2v) is 7.17. The summed E-state index contributed by atoms with van der Waals surface area (Å²) in [4.78, 5) is 0. The van der Waals surface area contributed by atoms with Gasteiger partial charge in [0.05, 0.1) is 17.1 Å². The summed E-state index contributed by atoms with van der Waals surface area (Å²) in [6.07, 6.45) is 0.486. The summed E-state index contributed by atoms with van der Waals surface area (Å²) in [6.45, 7) is 0.963. The monoisotopic (exact) mass is 402 g/mol. The van der Waals surface area contributed by atoms with Gasteiger partial charge in [0.15, 0.2) is 0 Å². The number of rotatable bonds is 6. The molecule has 0 amide bonds. The van der Waals surface area contributed by atoms with Gasteiger partial charge in [-0.05, 0) is 34.9 Å². The second-order valence-electron chi connectivity index (χ2n) is 7.17. The van der Waals surface area contributed by atoms with E-state index in [4.69, 9.17) is 17.3 Å². The Labute approximate surface area is 175 Å². The number of nitrogens with zero attached hydrogens (tertiary/aromatic N) is 2. The van der Waals surface area contributed by atoms with Crippen LogP contribution in [0.5, 0.6) is 5.75 Å². The van der Waals surface area contributed by atoms with Crippen molar-refractivity contribution in [2.45, 2.75) is 19.5 Å². The van der Waals surface area contributed by atoms with Crippen molar-refractivity contribution in [2.24, 2.45) is 17.3 Å². The lowest BCUT2D eigenvalue weighted by molar-refractivity contribution is 0.249. The van der Waals surface area contributed by atoms with E-state index in [2.05, 4.69) is 5.43 Å². The van der Waals surface area contributed by atoms with Gasteiger partial charge in [0.25, 0.3) is 0 Å². The first kappa shape index (κ1) is 19.9. The van der Waals surface area contributed by atoms with Crippen molar-refractivity contribution < 1.29 is 5.11 Å². The molecule has 3 aromatic rings. The number of nitrogens with two attached hydrogens (primary N) is 3. The van der Waals surface area contributed by atoms with Gasteiger partial charge in [0.1, 0.15) is 5.75 Å². The third-order valence-electron chi connectivity index (χ3n) is 5.23. The van der Waals surface area contributed by atoms with Crippen molar-refractivity contribution in [1.82, 2.24) is 10.7 Å². The van der Waals surface area contributed by atoms with Gasteiger partial charge >= 0.3 is 0 Å². The molecule has 1 aliphatic heterocycles. The molecule has 3 aromatic carbocycles. The molecule has 0 radical (unpaired) electrons. The molecule has 0 aliphatic carbocycles. The average Bonchev–Trinajstić information content (AvgIpc) is 3.11. The van der Waals surface area contributed by atoms with Crippen LogP contribution in [0.25, 0.3) is 5.70 Å². The SMILES string of the molecule is NCc1ccc(C2=C(Cc3ccccc3O)N(c3ccc(CN)cc3)N(N)N2)cc1. The predicted octanol–water partition coefficient (Wildman–Crippen LogP) is 2.34. The van der Waals surface area contributed by atoms with E-state index >= 15 is 0 Å². The van der Waals surface area contributed by atoms with Gasteiger partial charge < -0.3 is 16.6 Å². The first-order chi connectivity index (χ1) is 14.6. The second kappa shape index (κ2) is 8.56. The molecule has 0 spiro atoms. The molecule has 0 saturated carbocycles. The molecule has 4 rings (SSSR count). The molecule has 8 N–H and O–H groups in total. The molecule has 0 aromatic heterocycles. The zero-order valence-electron chi connectivity index (χ0n) is 16.6. The summed E-state index contributed by atoms with van der Waals surface area (Å²) < 4.78 is 0. The van der Waals surface area contributed by atoms with Gasteiger partial charge in [-0.2, -0.15) is 0 Å². The summed E-state index contributed by atoms with van der Waals surface area (Å²) in [5, 5.41) is 13.7. The highest BCUT2D eigenvalue weighted by Gasteiger charge is 2.30. The number of para-hydroxylation sites is 1. The number of anilines is 1. The quantitative estimate of drug-likeness (QED) is 0.402. The van der Waals surface area contributed by atoms with E-state index in [9.17, 15) is 5.11 Å². The van der Waals surface area contributed by atoms with Crippen molar-refractivity contribution in [3.8, 4) is 5.75 Å². The van der Waals surface area contributed by atoms with Gasteiger partial charge in [-0.15, -0.1) is 0 Å². The molecule has 1 heterocycles. The first-order valence-electron chi connectivity index (χ1n) is 9.80. The Morgan fingerprint density at radius 2 is 1.40 bits per heavy atom. The average molecular weight is 403 g/mol. The van der Waals surface area contributed by atoms with Crippen LogP contribution in [-0.2, 0) is 19.5 Å². The molecule has 0 fully saturated rings. The van der Waals surface area contributed by atoms with E-state index in [0.29, 0.717) is 19.5 Å². The van der Waals surface area contributed by atoms with Crippen LogP contribution in [0.15, 0.2) is 78.5 Å². The smallest absolute Gasteiger partial charge is 0.119 e. The Kier molecular flexibility index (Phi) is 5.69. The Morgan fingerprint density at radius 1 is 0.800 bits per heavy atom. The van der Waals surface area contributed by atoms with Gasteiger partial charge in [-0.1, -0.05) is 59.8 Å². The Balaban J connectivity index is 1.80. The zero-order chi connectivity index (χ0) is 21.1. The summed E-state index contributed by atoms with van der Waals surface area (Å²) in [7, 11) is 0. The highest BCUT2D eigenvalue weighted by Crippen LogP contribution is 2.34. The molecule has 30 heavy (non-hydrogen) atoms. The van der Waals surface area contributed by atoms with Gasteiger partial charge in [0.2, 0.25) is 0 Å². The number of nitrogens with one attached hydrogen (secondary N) is 1. The van der Waals surface area contributed by atoms with Crippen molar-refractivity contribution >= 4 is 11.4 Å².